The molecule has 0 bridgehead atoms. The molecule has 2 rings (SSSR count). The fourth-order valence-electron chi connectivity index (χ4n) is 1.70. The summed E-state index contributed by atoms with van der Waals surface area (Å²) in [6.45, 7) is 0.624. The van der Waals surface area contributed by atoms with Crippen molar-refractivity contribution in [3.8, 4) is 11.5 Å². The number of halogens is 1. The van der Waals surface area contributed by atoms with E-state index in [4.69, 9.17) is 14.6 Å². The van der Waals surface area contributed by atoms with Crippen LogP contribution in [-0.2, 0) is 11.2 Å². The third kappa shape index (κ3) is 3.16. The van der Waals surface area contributed by atoms with Crippen LogP contribution in [0.25, 0.3) is 0 Å². The van der Waals surface area contributed by atoms with Gasteiger partial charge in [-0.3, -0.25) is 4.79 Å². The molecule has 5 heteroatoms. The third-order valence-electron chi connectivity index (χ3n) is 2.88. The fourth-order valence-corrected chi connectivity index (χ4v) is 2.16. The molecular weight excluding hydrogens is 300 g/mol. The van der Waals surface area contributed by atoms with Gasteiger partial charge in [0.05, 0.1) is 20.1 Å². The van der Waals surface area contributed by atoms with Gasteiger partial charge in [0, 0.05) is 10.0 Å². The molecule has 18 heavy (non-hydrogen) atoms. The zero-order valence-corrected chi connectivity index (χ0v) is 11.7. The van der Waals surface area contributed by atoms with Crippen molar-refractivity contribution >= 4 is 21.9 Å². The van der Waals surface area contributed by atoms with E-state index in [1.165, 1.54) is 12.8 Å². The third-order valence-corrected chi connectivity index (χ3v) is 3.62. The van der Waals surface area contributed by atoms with Crippen LogP contribution in [0.5, 0.6) is 11.5 Å². The van der Waals surface area contributed by atoms with Gasteiger partial charge in [-0.2, -0.15) is 0 Å². The largest absolute Gasteiger partial charge is 0.493 e. The van der Waals surface area contributed by atoms with Crippen molar-refractivity contribution in [2.45, 2.75) is 19.3 Å². The van der Waals surface area contributed by atoms with Crippen molar-refractivity contribution in [2.75, 3.05) is 13.7 Å². The van der Waals surface area contributed by atoms with Gasteiger partial charge in [-0.15, -0.1) is 0 Å². The van der Waals surface area contributed by atoms with E-state index in [1.807, 2.05) is 0 Å². The van der Waals surface area contributed by atoms with Gasteiger partial charge in [-0.25, -0.2) is 0 Å². The lowest BCUT2D eigenvalue weighted by Crippen LogP contribution is -2.08. The first-order chi connectivity index (χ1) is 8.61. The number of methoxy groups -OCH3 is 1. The van der Waals surface area contributed by atoms with Gasteiger partial charge in [0.2, 0.25) is 0 Å². The molecule has 1 aromatic rings. The van der Waals surface area contributed by atoms with Crippen LogP contribution < -0.4 is 9.47 Å². The zero-order valence-electron chi connectivity index (χ0n) is 10.1. The normalized spacial score (nSPS) is 14.3. The van der Waals surface area contributed by atoms with E-state index in [1.54, 1.807) is 19.2 Å². The molecule has 0 saturated heterocycles. The molecule has 0 unspecified atom stereocenters. The molecule has 1 aliphatic carbocycles. The molecule has 0 radical (unpaired) electrons. The Labute approximate surface area is 114 Å². The minimum atomic E-state index is -0.889. The highest BCUT2D eigenvalue weighted by atomic mass is 79.9. The highest BCUT2D eigenvalue weighted by Crippen LogP contribution is 2.38. The van der Waals surface area contributed by atoms with Gasteiger partial charge >= 0.3 is 5.97 Å². The molecule has 0 aromatic heterocycles. The number of carbonyl (C=O) groups is 1. The van der Waals surface area contributed by atoms with E-state index < -0.39 is 5.97 Å². The second kappa shape index (κ2) is 5.61. The van der Waals surface area contributed by atoms with Crippen LogP contribution in [0.15, 0.2) is 16.6 Å². The molecule has 0 aliphatic heterocycles. The molecule has 1 saturated carbocycles. The van der Waals surface area contributed by atoms with Crippen molar-refractivity contribution in [1.82, 2.24) is 0 Å². The first-order valence-electron chi connectivity index (χ1n) is 5.81. The lowest BCUT2D eigenvalue weighted by molar-refractivity contribution is -0.136. The van der Waals surface area contributed by atoms with Crippen molar-refractivity contribution in [3.63, 3.8) is 0 Å². The van der Waals surface area contributed by atoms with E-state index in [0.29, 0.717) is 29.6 Å². The van der Waals surface area contributed by atoms with Crippen LogP contribution in [-0.4, -0.2) is 24.8 Å². The summed E-state index contributed by atoms with van der Waals surface area (Å²) >= 11 is 3.36. The summed E-state index contributed by atoms with van der Waals surface area (Å²) in [6, 6.07) is 3.55. The molecule has 0 atom stereocenters. The van der Waals surface area contributed by atoms with Crippen LogP contribution in [0, 0.1) is 5.92 Å². The monoisotopic (exact) mass is 314 g/mol. The van der Waals surface area contributed by atoms with E-state index in [9.17, 15) is 4.79 Å². The molecule has 4 nitrogen and oxygen atoms in total. The Morgan fingerprint density at radius 3 is 2.78 bits per heavy atom. The van der Waals surface area contributed by atoms with Crippen LogP contribution in [0.4, 0.5) is 0 Å². The van der Waals surface area contributed by atoms with Crippen LogP contribution in [0.3, 0.4) is 0 Å². The predicted molar refractivity (Wildman–Crippen MR) is 70.3 cm³/mol. The summed E-state index contributed by atoms with van der Waals surface area (Å²) in [4.78, 5) is 10.9. The average Bonchev–Trinajstić information content (AvgIpc) is 3.13. The van der Waals surface area contributed by atoms with E-state index >= 15 is 0 Å². The number of aliphatic carboxylic acids is 1. The smallest absolute Gasteiger partial charge is 0.308 e. The number of carboxylic acids is 1. The minimum Gasteiger partial charge on any atom is -0.493 e. The quantitative estimate of drug-likeness (QED) is 0.877. The summed E-state index contributed by atoms with van der Waals surface area (Å²) < 4.78 is 11.7. The second-order valence-electron chi connectivity index (χ2n) is 4.38. The standard InChI is InChI=1S/C13H15BrO4/c1-17-11-5-4-10(14)9(6-12(15)16)13(11)18-7-8-2-3-8/h4-5,8H,2-3,6-7H2,1H3,(H,15,16). The van der Waals surface area contributed by atoms with Gasteiger partial charge in [0.1, 0.15) is 0 Å². The van der Waals surface area contributed by atoms with E-state index in [0.717, 1.165) is 4.47 Å². The van der Waals surface area contributed by atoms with Gasteiger partial charge in [-0.1, -0.05) is 15.9 Å². The predicted octanol–water partition coefficient (Wildman–Crippen LogP) is 2.87. The van der Waals surface area contributed by atoms with Crippen molar-refractivity contribution in [2.24, 2.45) is 5.92 Å². The highest BCUT2D eigenvalue weighted by molar-refractivity contribution is 9.10. The fraction of sp³-hybridized carbons (Fsp3) is 0.462. The van der Waals surface area contributed by atoms with Crippen LogP contribution in [0.2, 0.25) is 0 Å². The number of carboxylic acid groups (broad SMARTS) is 1. The number of hydrogen-bond donors (Lipinski definition) is 1. The molecule has 0 spiro atoms. The average molecular weight is 315 g/mol. The Balaban J connectivity index is 2.28. The maximum atomic E-state index is 10.9. The first kappa shape index (κ1) is 13.2. The summed E-state index contributed by atoms with van der Waals surface area (Å²) in [6.07, 6.45) is 2.28. The number of hydrogen-bond acceptors (Lipinski definition) is 3. The van der Waals surface area contributed by atoms with E-state index in [2.05, 4.69) is 15.9 Å². The Morgan fingerprint density at radius 2 is 2.22 bits per heavy atom. The lowest BCUT2D eigenvalue weighted by Gasteiger charge is -2.15. The molecule has 1 fully saturated rings. The van der Waals surface area contributed by atoms with Gasteiger partial charge in [0.25, 0.3) is 0 Å². The maximum Gasteiger partial charge on any atom is 0.308 e. The minimum absolute atomic E-state index is 0.0855. The van der Waals surface area contributed by atoms with Gasteiger partial charge < -0.3 is 14.6 Å². The Kier molecular flexibility index (Phi) is 4.11. The van der Waals surface area contributed by atoms with Crippen molar-refractivity contribution in [3.05, 3.63) is 22.2 Å². The summed E-state index contributed by atoms with van der Waals surface area (Å²) in [5, 5.41) is 8.95. The molecule has 1 N–H and O–H groups in total. The maximum absolute atomic E-state index is 10.9. The topological polar surface area (TPSA) is 55.8 Å². The van der Waals surface area contributed by atoms with Gasteiger partial charge in [0.15, 0.2) is 11.5 Å². The lowest BCUT2D eigenvalue weighted by atomic mass is 10.1. The number of benzene rings is 1. The Bertz CT molecular complexity index is 455. The molecular formula is C13H15BrO4. The number of ether oxygens (including phenoxy) is 2. The summed E-state index contributed by atoms with van der Waals surface area (Å²) in [5.41, 5.74) is 0.627. The zero-order chi connectivity index (χ0) is 13.1. The molecule has 0 heterocycles. The molecule has 0 amide bonds. The highest BCUT2D eigenvalue weighted by Gasteiger charge is 2.24. The summed E-state index contributed by atoms with van der Waals surface area (Å²) in [5.74, 6) is 0.836. The molecule has 98 valence electrons. The second-order valence-corrected chi connectivity index (χ2v) is 5.24. The molecule has 1 aliphatic rings. The summed E-state index contributed by atoms with van der Waals surface area (Å²) in [7, 11) is 1.55. The van der Waals surface area contributed by atoms with Crippen molar-refractivity contribution < 1.29 is 19.4 Å². The number of rotatable bonds is 6. The Hall–Kier alpha value is -1.23. The first-order valence-corrected chi connectivity index (χ1v) is 6.61. The van der Waals surface area contributed by atoms with Crippen LogP contribution >= 0.6 is 15.9 Å². The molecule has 1 aromatic carbocycles. The Morgan fingerprint density at radius 1 is 1.50 bits per heavy atom. The van der Waals surface area contributed by atoms with Gasteiger partial charge in [-0.05, 0) is 30.9 Å². The van der Waals surface area contributed by atoms with E-state index in [-0.39, 0.29) is 6.42 Å². The SMILES string of the molecule is COc1ccc(Br)c(CC(=O)O)c1OCC1CC1. The van der Waals surface area contributed by atoms with Crippen LogP contribution in [0.1, 0.15) is 18.4 Å². The van der Waals surface area contributed by atoms with Crippen molar-refractivity contribution in [1.29, 1.82) is 0 Å².